The molecular formula is C11H15BrFNO. The van der Waals surface area contributed by atoms with Gasteiger partial charge in [-0.15, -0.1) is 0 Å². The lowest BCUT2D eigenvalue weighted by atomic mass is 10.1. The minimum atomic E-state index is -0.425. The van der Waals surface area contributed by atoms with E-state index < -0.39 is 6.10 Å². The maximum Gasteiger partial charge on any atom is 0.129 e. The van der Waals surface area contributed by atoms with E-state index >= 15 is 0 Å². The number of aliphatic hydroxyl groups excluding tert-OH is 1. The lowest BCUT2D eigenvalue weighted by Crippen LogP contribution is -2.27. The van der Waals surface area contributed by atoms with E-state index in [2.05, 4.69) is 21.2 Å². The fraction of sp³-hybridized carbons (Fsp3) is 0.455. The Hall–Kier alpha value is -0.450. The molecule has 15 heavy (non-hydrogen) atoms. The van der Waals surface area contributed by atoms with Crippen molar-refractivity contribution in [3.05, 3.63) is 34.1 Å². The molecule has 0 amide bonds. The molecule has 2 nitrogen and oxygen atoms in total. The first-order valence-electron chi connectivity index (χ1n) is 4.87. The van der Waals surface area contributed by atoms with Crippen LogP contribution in [0.5, 0.6) is 0 Å². The van der Waals surface area contributed by atoms with Crippen LogP contribution >= 0.6 is 15.9 Å². The predicted molar refractivity (Wildman–Crippen MR) is 62.2 cm³/mol. The fourth-order valence-electron chi connectivity index (χ4n) is 1.31. The van der Waals surface area contributed by atoms with Gasteiger partial charge in [0, 0.05) is 22.6 Å². The van der Waals surface area contributed by atoms with Crippen LogP contribution in [0.25, 0.3) is 0 Å². The Kier molecular flexibility index (Phi) is 4.70. The summed E-state index contributed by atoms with van der Waals surface area (Å²) < 4.78 is 14.2. The third-order valence-electron chi connectivity index (χ3n) is 2.15. The Labute approximate surface area is 97.6 Å². The second-order valence-corrected chi connectivity index (χ2v) is 4.56. The summed E-state index contributed by atoms with van der Waals surface area (Å²) in [6.07, 6.45) is -0.425. The van der Waals surface area contributed by atoms with Gasteiger partial charge in [0.15, 0.2) is 0 Å². The van der Waals surface area contributed by atoms with Crippen molar-refractivity contribution in [2.45, 2.75) is 26.0 Å². The minimum absolute atomic E-state index is 0.104. The van der Waals surface area contributed by atoms with Crippen LogP contribution in [0.3, 0.4) is 0 Å². The van der Waals surface area contributed by atoms with Crippen molar-refractivity contribution in [3.63, 3.8) is 0 Å². The monoisotopic (exact) mass is 275 g/mol. The van der Waals surface area contributed by atoms with E-state index in [0.29, 0.717) is 12.1 Å². The average Bonchev–Trinajstić information content (AvgIpc) is 2.14. The third-order valence-corrected chi connectivity index (χ3v) is 2.64. The van der Waals surface area contributed by atoms with E-state index in [1.165, 1.54) is 6.07 Å². The number of hydrogen-bond donors (Lipinski definition) is 2. The van der Waals surface area contributed by atoms with Crippen LogP contribution in [0.2, 0.25) is 0 Å². The normalized spacial score (nSPS) is 15.0. The van der Waals surface area contributed by atoms with Crippen LogP contribution in [-0.4, -0.2) is 17.8 Å². The lowest BCUT2D eigenvalue weighted by molar-refractivity contribution is 0.187. The van der Waals surface area contributed by atoms with Crippen molar-refractivity contribution in [1.82, 2.24) is 5.32 Å². The molecule has 0 aliphatic heterocycles. The summed E-state index contributed by atoms with van der Waals surface area (Å²) in [7, 11) is 0. The quantitative estimate of drug-likeness (QED) is 0.886. The van der Waals surface area contributed by atoms with Gasteiger partial charge in [-0.3, -0.25) is 0 Å². The van der Waals surface area contributed by atoms with Gasteiger partial charge in [-0.2, -0.15) is 0 Å². The lowest BCUT2D eigenvalue weighted by Gasteiger charge is -2.16. The molecule has 0 saturated carbocycles. The van der Waals surface area contributed by atoms with Gasteiger partial charge >= 0.3 is 0 Å². The number of nitrogens with one attached hydrogen (secondary N) is 1. The van der Waals surface area contributed by atoms with Crippen LogP contribution < -0.4 is 5.32 Å². The number of rotatable bonds is 4. The number of halogens is 2. The van der Waals surface area contributed by atoms with Crippen molar-refractivity contribution in [3.8, 4) is 0 Å². The van der Waals surface area contributed by atoms with E-state index in [9.17, 15) is 4.39 Å². The van der Waals surface area contributed by atoms with Gasteiger partial charge in [0.2, 0.25) is 0 Å². The first kappa shape index (κ1) is 12.6. The highest BCUT2D eigenvalue weighted by molar-refractivity contribution is 9.10. The molecule has 0 aliphatic carbocycles. The van der Waals surface area contributed by atoms with E-state index in [4.69, 9.17) is 5.11 Å². The molecule has 2 atom stereocenters. The van der Waals surface area contributed by atoms with Gasteiger partial charge in [0.25, 0.3) is 0 Å². The highest BCUT2D eigenvalue weighted by Crippen LogP contribution is 2.20. The largest absolute Gasteiger partial charge is 0.392 e. The maximum atomic E-state index is 13.5. The summed E-state index contributed by atoms with van der Waals surface area (Å²) in [6, 6.07) is 4.88. The van der Waals surface area contributed by atoms with Crippen molar-refractivity contribution in [2.75, 3.05) is 6.54 Å². The van der Waals surface area contributed by atoms with E-state index in [1.54, 1.807) is 19.1 Å². The Morgan fingerprint density at radius 1 is 1.47 bits per heavy atom. The molecule has 0 radical (unpaired) electrons. The van der Waals surface area contributed by atoms with Crippen molar-refractivity contribution < 1.29 is 9.50 Å². The molecule has 0 unspecified atom stereocenters. The number of hydrogen-bond acceptors (Lipinski definition) is 2. The average molecular weight is 276 g/mol. The zero-order valence-corrected chi connectivity index (χ0v) is 10.4. The SMILES string of the molecule is C[C@@H](O)CN[C@H](C)c1ccc(Br)cc1F. The van der Waals surface area contributed by atoms with Gasteiger partial charge in [-0.25, -0.2) is 4.39 Å². The summed E-state index contributed by atoms with van der Waals surface area (Å²) in [4.78, 5) is 0. The first-order valence-corrected chi connectivity index (χ1v) is 5.66. The van der Waals surface area contributed by atoms with Gasteiger partial charge in [-0.1, -0.05) is 22.0 Å². The van der Waals surface area contributed by atoms with E-state index in [1.807, 2.05) is 6.92 Å². The molecule has 0 heterocycles. The van der Waals surface area contributed by atoms with Crippen molar-refractivity contribution in [1.29, 1.82) is 0 Å². The van der Waals surface area contributed by atoms with Gasteiger partial charge < -0.3 is 10.4 Å². The van der Waals surface area contributed by atoms with Crippen LogP contribution in [0.4, 0.5) is 4.39 Å². The van der Waals surface area contributed by atoms with Gasteiger partial charge in [-0.05, 0) is 26.0 Å². The molecule has 0 bridgehead atoms. The molecule has 4 heteroatoms. The summed E-state index contributed by atoms with van der Waals surface area (Å²) in [5, 5.41) is 12.2. The van der Waals surface area contributed by atoms with Crippen LogP contribution in [0.1, 0.15) is 25.5 Å². The van der Waals surface area contributed by atoms with Gasteiger partial charge in [0.05, 0.1) is 6.10 Å². The zero-order valence-electron chi connectivity index (χ0n) is 8.80. The molecule has 84 valence electrons. The molecule has 0 aliphatic rings. The summed E-state index contributed by atoms with van der Waals surface area (Å²) in [6.45, 7) is 4.02. The minimum Gasteiger partial charge on any atom is -0.392 e. The number of aliphatic hydroxyl groups is 1. The predicted octanol–water partition coefficient (Wildman–Crippen LogP) is 2.62. The third kappa shape index (κ3) is 3.89. The standard InChI is InChI=1S/C11H15BrFNO/c1-7(15)6-14-8(2)10-4-3-9(12)5-11(10)13/h3-5,7-8,14-15H,6H2,1-2H3/t7-,8-/m1/s1. The molecule has 1 aromatic carbocycles. The summed E-state index contributed by atoms with van der Waals surface area (Å²) in [5.74, 6) is -0.241. The van der Waals surface area contributed by atoms with Crippen LogP contribution in [-0.2, 0) is 0 Å². The van der Waals surface area contributed by atoms with Gasteiger partial charge in [0.1, 0.15) is 5.82 Å². The molecular weight excluding hydrogens is 261 g/mol. The zero-order chi connectivity index (χ0) is 11.4. The topological polar surface area (TPSA) is 32.3 Å². The van der Waals surface area contributed by atoms with Crippen LogP contribution in [0.15, 0.2) is 22.7 Å². The van der Waals surface area contributed by atoms with E-state index in [-0.39, 0.29) is 11.9 Å². The second kappa shape index (κ2) is 5.58. The Morgan fingerprint density at radius 3 is 2.67 bits per heavy atom. The first-order chi connectivity index (χ1) is 7.00. The Morgan fingerprint density at radius 2 is 2.13 bits per heavy atom. The van der Waals surface area contributed by atoms with Crippen molar-refractivity contribution >= 4 is 15.9 Å². The molecule has 0 saturated heterocycles. The molecule has 2 N–H and O–H groups in total. The molecule has 0 fully saturated rings. The Balaban J connectivity index is 2.69. The molecule has 1 aromatic rings. The summed E-state index contributed by atoms with van der Waals surface area (Å²) in [5.41, 5.74) is 0.610. The smallest absolute Gasteiger partial charge is 0.129 e. The highest BCUT2D eigenvalue weighted by Gasteiger charge is 2.11. The molecule has 0 spiro atoms. The Bertz CT molecular complexity index is 330. The molecule has 1 rings (SSSR count). The van der Waals surface area contributed by atoms with Crippen molar-refractivity contribution in [2.24, 2.45) is 0 Å². The maximum absolute atomic E-state index is 13.5. The number of benzene rings is 1. The highest BCUT2D eigenvalue weighted by atomic mass is 79.9. The van der Waals surface area contributed by atoms with E-state index in [0.717, 1.165) is 4.47 Å². The van der Waals surface area contributed by atoms with Crippen LogP contribution in [0, 0.1) is 5.82 Å². The second-order valence-electron chi connectivity index (χ2n) is 3.64. The molecule has 0 aromatic heterocycles. The fourth-order valence-corrected chi connectivity index (χ4v) is 1.64. The summed E-state index contributed by atoms with van der Waals surface area (Å²) >= 11 is 3.21.